The van der Waals surface area contributed by atoms with Crippen molar-refractivity contribution in [2.75, 3.05) is 13.1 Å². The largest absolute Gasteiger partial charge is 0.355 e. The van der Waals surface area contributed by atoms with Crippen LogP contribution in [0.1, 0.15) is 36.9 Å². The maximum absolute atomic E-state index is 11.4. The SMILES string of the molecule is O=C1CC(c2cnn(C3CC3)c2)NCCN1. The molecule has 2 fully saturated rings. The van der Waals surface area contributed by atoms with E-state index in [9.17, 15) is 4.79 Å². The summed E-state index contributed by atoms with van der Waals surface area (Å²) in [4.78, 5) is 11.4. The van der Waals surface area contributed by atoms with E-state index in [0.717, 1.165) is 12.1 Å². The lowest BCUT2D eigenvalue weighted by atomic mass is 10.1. The second-order valence-electron chi connectivity index (χ2n) is 4.55. The van der Waals surface area contributed by atoms with Crippen molar-refractivity contribution in [1.29, 1.82) is 0 Å². The monoisotopic (exact) mass is 220 g/mol. The van der Waals surface area contributed by atoms with Crippen LogP contribution in [0.3, 0.4) is 0 Å². The summed E-state index contributed by atoms with van der Waals surface area (Å²) in [5.74, 6) is 0.120. The van der Waals surface area contributed by atoms with Gasteiger partial charge in [0.15, 0.2) is 0 Å². The van der Waals surface area contributed by atoms with Crippen LogP contribution in [-0.2, 0) is 4.79 Å². The van der Waals surface area contributed by atoms with Gasteiger partial charge in [-0.05, 0) is 12.8 Å². The Kier molecular flexibility index (Phi) is 2.40. The average molecular weight is 220 g/mol. The quantitative estimate of drug-likeness (QED) is 0.757. The Morgan fingerprint density at radius 3 is 3.06 bits per heavy atom. The first-order valence-corrected chi connectivity index (χ1v) is 5.87. The fraction of sp³-hybridized carbons (Fsp3) is 0.636. The number of carbonyl (C=O) groups is 1. The van der Waals surface area contributed by atoms with Crippen LogP contribution in [0.5, 0.6) is 0 Å². The topological polar surface area (TPSA) is 59.0 Å². The van der Waals surface area contributed by atoms with Gasteiger partial charge in [-0.25, -0.2) is 0 Å². The molecule has 1 atom stereocenters. The minimum Gasteiger partial charge on any atom is -0.355 e. The summed E-state index contributed by atoms with van der Waals surface area (Å²) in [6.07, 6.45) is 6.94. The van der Waals surface area contributed by atoms with Crippen LogP contribution >= 0.6 is 0 Å². The van der Waals surface area contributed by atoms with E-state index in [1.807, 2.05) is 10.9 Å². The number of aromatic nitrogens is 2. The van der Waals surface area contributed by atoms with Crippen LogP contribution in [0.4, 0.5) is 0 Å². The molecule has 1 aromatic heterocycles. The molecule has 2 aliphatic rings. The minimum atomic E-state index is 0.120. The number of nitrogens with zero attached hydrogens (tertiary/aromatic N) is 2. The lowest BCUT2D eigenvalue weighted by Gasteiger charge is -2.11. The first kappa shape index (κ1) is 9.84. The molecule has 0 radical (unpaired) electrons. The summed E-state index contributed by atoms with van der Waals surface area (Å²) in [7, 11) is 0. The zero-order chi connectivity index (χ0) is 11.0. The van der Waals surface area contributed by atoms with E-state index in [1.54, 1.807) is 0 Å². The second kappa shape index (κ2) is 3.90. The van der Waals surface area contributed by atoms with Crippen molar-refractivity contribution in [2.45, 2.75) is 31.3 Å². The Bertz CT molecular complexity index is 396. The maximum atomic E-state index is 11.4. The molecule has 16 heavy (non-hydrogen) atoms. The normalized spacial score (nSPS) is 26.2. The van der Waals surface area contributed by atoms with Gasteiger partial charge in [-0.15, -0.1) is 0 Å². The third-order valence-corrected chi connectivity index (χ3v) is 3.17. The van der Waals surface area contributed by atoms with Crippen molar-refractivity contribution < 1.29 is 4.79 Å². The Hall–Kier alpha value is -1.36. The van der Waals surface area contributed by atoms with Crippen LogP contribution < -0.4 is 10.6 Å². The van der Waals surface area contributed by atoms with E-state index in [1.165, 1.54) is 12.8 Å². The highest BCUT2D eigenvalue weighted by atomic mass is 16.1. The van der Waals surface area contributed by atoms with Crippen LogP contribution in [-0.4, -0.2) is 28.8 Å². The first-order valence-electron chi connectivity index (χ1n) is 5.87. The van der Waals surface area contributed by atoms with Crippen LogP contribution in [0.25, 0.3) is 0 Å². The third-order valence-electron chi connectivity index (χ3n) is 3.17. The van der Waals surface area contributed by atoms with Gasteiger partial charge >= 0.3 is 0 Å². The van der Waals surface area contributed by atoms with E-state index in [0.29, 0.717) is 19.0 Å². The molecule has 0 spiro atoms. The highest BCUT2D eigenvalue weighted by molar-refractivity contribution is 5.77. The average Bonchev–Trinajstić information content (AvgIpc) is 3.05. The molecule has 1 unspecified atom stereocenters. The Morgan fingerprint density at radius 1 is 1.38 bits per heavy atom. The van der Waals surface area contributed by atoms with Gasteiger partial charge in [-0.3, -0.25) is 9.48 Å². The number of amides is 1. The van der Waals surface area contributed by atoms with E-state index >= 15 is 0 Å². The lowest BCUT2D eigenvalue weighted by molar-refractivity contribution is -0.121. The van der Waals surface area contributed by atoms with Crippen molar-refractivity contribution in [2.24, 2.45) is 0 Å². The molecule has 1 saturated heterocycles. The van der Waals surface area contributed by atoms with Crippen molar-refractivity contribution in [3.63, 3.8) is 0 Å². The Morgan fingerprint density at radius 2 is 2.25 bits per heavy atom. The van der Waals surface area contributed by atoms with Gasteiger partial charge in [0.1, 0.15) is 0 Å². The molecule has 1 amide bonds. The molecule has 1 aliphatic heterocycles. The third kappa shape index (κ3) is 1.95. The summed E-state index contributed by atoms with van der Waals surface area (Å²) in [5, 5.41) is 10.6. The van der Waals surface area contributed by atoms with Gasteiger partial charge in [-0.1, -0.05) is 0 Å². The summed E-state index contributed by atoms with van der Waals surface area (Å²) >= 11 is 0. The van der Waals surface area contributed by atoms with E-state index < -0.39 is 0 Å². The van der Waals surface area contributed by atoms with Gasteiger partial charge in [0.2, 0.25) is 5.91 Å². The Labute approximate surface area is 94.2 Å². The number of rotatable bonds is 2. The van der Waals surface area contributed by atoms with E-state index in [2.05, 4.69) is 21.9 Å². The van der Waals surface area contributed by atoms with Crippen molar-refractivity contribution in [3.8, 4) is 0 Å². The van der Waals surface area contributed by atoms with Gasteiger partial charge < -0.3 is 10.6 Å². The van der Waals surface area contributed by atoms with Crippen molar-refractivity contribution in [1.82, 2.24) is 20.4 Å². The smallest absolute Gasteiger partial charge is 0.221 e. The Balaban J connectivity index is 1.75. The fourth-order valence-electron chi connectivity index (χ4n) is 2.09. The molecule has 0 bridgehead atoms. The molecular weight excluding hydrogens is 204 g/mol. The minimum absolute atomic E-state index is 0.120. The van der Waals surface area contributed by atoms with E-state index in [4.69, 9.17) is 0 Å². The highest BCUT2D eigenvalue weighted by Gasteiger charge is 2.26. The summed E-state index contributed by atoms with van der Waals surface area (Å²) in [6.45, 7) is 1.54. The summed E-state index contributed by atoms with van der Waals surface area (Å²) in [5.41, 5.74) is 1.13. The number of carbonyl (C=O) groups excluding carboxylic acids is 1. The van der Waals surface area contributed by atoms with Crippen LogP contribution in [0.15, 0.2) is 12.4 Å². The molecule has 1 aliphatic carbocycles. The van der Waals surface area contributed by atoms with Crippen molar-refractivity contribution in [3.05, 3.63) is 18.0 Å². The number of hydrogen-bond donors (Lipinski definition) is 2. The standard InChI is InChI=1S/C11H16N4O/c16-11-5-10(12-3-4-13-11)8-6-14-15(7-8)9-1-2-9/h6-7,9-10,12H,1-5H2,(H,13,16). The van der Waals surface area contributed by atoms with Gasteiger partial charge in [0.25, 0.3) is 0 Å². The van der Waals surface area contributed by atoms with Gasteiger partial charge in [0.05, 0.1) is 12.2 Å². The zero-order valence-electron chi connectivity index (χ0n) is 9.15. The van der Waals surface area contributed by atoms with Crippen LogP contribution in [0.2, 0.25) is 0 Å². The molecule has 2 heterocycles. The predicted octanol–water partition coefficient (Wildman–Crippen LogP) is 0.369. The van der Waals surface area contributed by atoms with Crippen molar-refractivity contribution >= 4 is 5.91 Å². The molecule has 1 aromatic rings. The zero-order valence-corrected chi connectivity index (χ0v) is 9.15. The molecule has 1 saturated carbocycles. The maximum Gasteiger partial charge on any atom is 0.221 e. The molecule has 5 heteroatoms. The molecule has 5 nitrogen and oxygen atoms in total. The molecule has 2 N–H and O–H groups in total. The summed E-state index contributed by atoms with van der Waals surface area (Å²) in [6, 6.07) is 0.725. The lowest BCUT2D eigenvalue weighted by Crippen LogP contribution is -2.24. The molecule has 86 valence electrons. The highest BCUT2D eigenvalue weighted by Crippen LogP contribution is 2.34. The number of hydrogen-bond acceptors (Lipinski definition) is 3. The van der Waals surface area contributed by atoms with Gasteiger partial charge in [0, 0.05) is 37.3 Å². The van der Waals surface area contributed by atoms with E-state index in [-0.39, 0.29) is 11.9 Å². The predicted molar refractivity (Wildman–Crippen MR) is 58.9 cm³/mol. The second-order valence-corrected chi connectivity index (χ2v) is 4.55. The molecule has 0 aromatic carbocycles. The molecule has 3 rings (SSSR count). The summed E-state index contributed by atoms with van der Waals surface area (Å²) < 4.78 is 2.03. The van der Waals surface area contributed by atoms with Crippen LogP contribution in [0, 0.1) is 0 Å². The first-order chi connectivity index (χ1) is 7.83. The van der Waals surface area contributed by atoms with Gasteiger partial charge in [-0.2, -0.15) is 5.10 Å². The number of nitrogens with one attached hydrogen (secondary N) is 2. The fourth-order valence-corrected chi connectivity index (χ4v) is 2.09. The molecular formula is C11H16N4O.